The zero-order chi connectivity index (χ0) is 17.4. The van der Waals surface area contributed by atoms with Crippen LogP contribution in [0.5, 0.6) is 0 Å². The highest BCUT2D eigenvalue weighted by Gasteiger charge is 2.22. The predicted molar refractivity (Wildman–Crippen MR) is 98.5 cm³/mol. The van der Waals surface area contributed by atoms with E-state index in [1.165, 1.54) is 12.1 Å². The molecule has 1 saturated heterocycles. The molecule has 0 spiro atoms. The second-order valence-corrected chi connectivity index (χ2v) is 6.81. The van der Waals surface area contributed by atoms with Gasteiger partial charge in [-0.1, -0.05) is 12.1 Å². The Hall–Kier alpha value is -1.91. The molecule has 0 radical (unpaired) electrons. The Morgan fingerprint density at radius 3 is 2.60 bits per heavy atom. The first-order valence-corrected chi connectivity index (χ1v) is 9.12. The third-order valence-electron chi connectivity index (χ3n) is 4.94. The van der Waals surface area contributed by atoms with Gasteiger partial charge in [-0.25, -0.2) is 9.37 Å². The van der Waals surface area contributed by atoms with E-state index in [0.717, 1.165) is 59.6 Å². The Balaban J connectivity index is 1.89. The van der Waals surface area contributed by atoms with Crippen LogP contribution in [-0.4, -0.2) is 22.8 Å². The molecule has 4 rings (SSSR count). The minimum absolute atomic E-state index is 0.223. The fraction of sp³-hybridized carbons (Fsp3) is 0.350. The SMILES string of the molecule is Cc1cc2nc(CCl)n(C3CCOCC3)c2cc1-c1ccc(F)cc1. The lowest BCUT2D eigenvalue weighted by atomic mass is 9.99. The second-order valence-electron chi connectivity index (χ2n) is 6.54. The van der Waals surface area contributed by atoms with Gasteiger partial charge in [0.2, 0.25) is 0 Å². The molecule has 3 nitrogen and oxygen atoms in total. The van der Waals surface area contributed by atoms with E-state index < -0.39 is 0 Å². The molecule has 2 aromatic carbocycles. The predicted octanol–water partition coefficient (Wildman–Crippen LogP) is 5.24. The molecule has 0 aliphatic carbocycles. The van der Waals surface area contributed by atoms with Gasteiger partial charge < -0.3 is 9.30 Å². The number of hydrogen-bond acceptors (Lipinski definition) is 2. The zero-order valence-corrected chi connectivity index (χ0v) is 14.9. The molecule has 3 aromatic rings. The highest BCUT2D eigenvalue weighted by Crippen LogP contribution is 2.33. The summed E-state index contributed by atoms with van der Waals surface area (Å²) in [5.74, 6) is 1.06. The van der Waals surface area contributed by atoms with Crippen molar-refractivity contribution in [2.75, 3.05) is 13.2 Å². The van der Waals surface area contributed by atoms with Crippen LogP contribution in [0, 0.1) is 12.7 Å². The number of rotatable bonds is 3. The van der Waals surface area contributed by atoms with E-state index in [4.69, 9.17) is 21.3 Å². The van der Waals surface area contributed by atoms with Gasteiger partial charge in [-0.2, -0.15) is 0 Å². The van der Waals surface area contributed by atoms with E-state index >= 15 is 0 Å². The maximum absolute atomic E-state index is 13.3. The van der Waals surface area contributed by atoms with Gasteiger partial charge in [0, 0.05) is 19.3 Å². The minimum atomic E-state index is -0.223. The molecule has 1 aliphatic rings. The van der Waals surface area contributed by atoms with Gasteiger partial charge in [0.25, 0.3) is 0 Å². The molecular weight excluding hydrogens is 339 g/mol. The smallest absolute Gasteiger partial charge is 0.125 e. The zero-order valence-electron chi connectivity index (χ0n) is 14.1. The van der Waals surface area contributed by atoms with Crippen LogP contribution in [0.15, 0.2) is 36.4 Å². The number of benzene rings is 2. The average Bonchev–Trinajstić information content (AvgIpc) is 3.00. The van der Waals surface area contributed by atoms with Gasteiger partial charge in [0.15, 0.2) is 0 Å². The van der Waals surface area contributed by atoms with Gasteiger partial charge in [0.1, 0.15) is 11.6 Å². The minimum Gasteiger partial charge on any atom is -0.381 e. The molecule has 0 saturated carbocycles. The molecule has 5 heteroatoms. The van der Waals surface area contributed by atoms with Crippen LogP contribution in [0.2, 0.25) is 0 Å². The second kappa shape index (κ2) is 6.77. The van der Waals surface area contributed by atoms with E-state index in [9.17, 15) is 4.39 Å². The molecule has 1 aliphatic heterocycles. The topological polar surface area (TPSA) is 27.1 Å². The third-order valence-corrected chi connectivity index (χ3v) is 5.18. The van der Waals surface area contributed by atoms with E-state index in [1.54, 1.807) is 0 Å². The summed E-state index contributed by atoms with van der Waals surface area (Å²) in [5, 5.41) is 0. The number of alkyl halides is 1. The van der Waals surface area contributed by atoms with Crippen LogP contribution in [0.25, 0.3) is 22.2 Å². The van der Waals surface area contributed by atoms with Crippen LogP contribution in [-0.2, 0) is 10.6 Å². The summed E-state index contributed by atoms with van der Waals surface area (Å²) in [6.45, 7) is 3.59. The van der Waals surface area contributed by atoms with Crippen LogP contribution < -0.4 is 0 Å². The van der Waals surface area contributed by atoms with Crippen molar-refractivity contribution in [2.24, 2.45) is 0 Å². The van der Waals surface area contributed by atoms with Crippen LogP contribution in [0.1, 0.15) is 30.3 Å². The number of imidazole rings is 1. The molecule has 130 valence electrons. The summed E-state index contributed by atoms with van der Waals surface area (Å²) in [7, 11) is 0. The molecule has 2 heterocycles. The lowest BCUT2D eigenvalue weighted by molar-refractivity contribution is 0.0700. The van der Waals surface area contributed by atoms with Gasteiger partial charge in [-0.15, -0.1) is 11.6 Å². The number of fused-ring (bicyclic) bond motifs is 1. The molecule has 25 heavy (non-hydrogen) atoms. The third kappa shape index (κ3) is 3.05. The summed E-state index contributed by atoms with van der Waals surface area (Å²) >= 11 is 6.18. The summed E-state index contributed by atoms with van der Waals surface area (Å²) in [4.78, 5) is 4.75. The highest BCUT2D eigenvalue weighted by atomic mass is 35.5. The van der Waals surface area contributed by atoms with E-state index in [0.29, 0.717) is 11.9 Å². The van der Waals surface area contributed by atoms with Crippen LogP contribution in [0.4, 0.5) is 4.39 Å². The van der Waals surface area contributed by atoms with Gasteiger partial charge in [-0.05, 0) is 60.7 Å². The van der Waals surface area contributed by atoms with Crippen molar-refractivity contribution in [1.82, 2.24) is 9.55 Å². The quantitative estimate of drug-likeness (QED) is 0.598. The number of aromatic nitrogens is 2. The van der Waals surface area contributed by atoms with Crippen molar-refractivity contribution >= 4 is 22.6 Å². The summed E-state index contributed by atoms with van der Waals surface area (Å²) in [6, 6.07) is 11.3. The van der Waals surface area contributed by atoms with Crippen molar-refractivity contribution < 1.29 is 9.13 Å². The lowest BCUT2D eigenvalue weighted by Gasteiger charge is -2.25. The Morgan fingerprint density at radius 2 is 1.92 bits per heavy atom. The Bertz CT molecular complexity index is 898. The van der Waals surface area contributed by atoms with E-state index in [-0.39, 0.29) is 5.82 Å². The molecule has 0 atom stereocenters. The first kappa shape index (κ1) is 16.6. The Kier molecular flexibility index (Phi) is 4.48. The van der Waals surface area contributed by atoms with Crippen LogP contribution >= 0.6 is 11.6 Å². The summed E-state index contributed by atoms with van der Waals surface area (Å²) < 4.78 is 21.1. The first-order valence-electron chi connectivity index (χ1n) is 8.58. The fourth-order valence-electron chi connectivity index (χ4n) is 3.68. The molecule has 0 amide bonds. The largest absolute Gasteiger partial charge is 0.381 e. The van der Waals surface area contributed by atoms with Crippen molar-refractivity contribution in [2.45, 2.75) is 31.7 Å². The molecule has 1 fully saturated rings. The normalized spacial score (nSPS) is 15.8. The maximum Gasteiger partial charge on any atom is 0.125 e. The Labute approximate surface area is 151 Å². The molecule has 0 bridgehead atoms. The van der Waals surface area contributed by atoms with Crippen molar-refractivity contribution in [3.8, 4) is 11.1 Å². The number of hydrogen-bond donors (Lipinski definition) is 0. The van der Waals surface area contributed by atoms with E-state index in [1.807, 2.05) is 12.1 Å². The standard InChI is InChI=1S/C20H20ClFN2O/c1-13-10-18-19(11-17(13)14-2-4-15(22)5-3-14)24(20(12-21)23-18)16-6-8-25-9-7-16/h2-5,10-11,16H,6-9,12H2,1H3. The van der Waals surface area contributed by atoms with Crippen molar-refractivity contribution in [3.05, 3.63) is 53.6 Å². The van der Waals surface area contributed by atoms with Gasteiger partial charge >= 0.3 is 0 Å². The summed E-state index contributed by atoms with van der Waals surface area (Å²) in [5.41, 5.74) is 5.28. The highest BCUT2D eigenvalue weighted by molar-refractivity contribution is 6.16. The molecule has 1 aromatic heterocycles. The molecular formula is C20H20ClFN2O. The number of ether oxygens (including phenoxy) is 1. The maximum atomic E-state index is 13.3. The van der Waals surface area contributed by atoms with Gasteiger partial charge in [-0.3, -0.25) is 0 Å². The lowest BCUT2D eigenvalue weighted by Crippen LogP contribution is -2.21. The number of aryl methyl sites for hydroxylation is 1. The van der Waals surface area contributed by atoms with Gasteiger partial charge in [0.05, 0.1) is 16.9 Å². The monoisotopic (exact) mass is 358 g/mol. The van der Waals surface area contributed by atoms with Crippen molar-refractivity contribution in [3.63, 3.8) is 0 Å². The molecule has 0 N–H and O–H groups in total. The fourth-order valence-corrected chi connectivity index (χ4v) is 3.87. The van der Waals surface area contributed by atoms with E-state index in [2.05, 4.69) is 23.6 Å². The van der Waals surface area contributed by atoms with Crippen molar-refractivity contribution in [1.29, 1.82) is 0 Å². The average molecular weight is 359 g/mol. The first-order chi connectivity index (χ1) is 12.2. The number of halogens is 2. The van der Waals surface area contributed by atoms with Crippen LogP contribution in [0.3, 0.4) is 0 Å². The number of nitrogens with zero attached hydrogens (tertiary/aromatic N) is 2. The Morgan fingerprint density at radius 1 is 1.20 bits per heavy atom. The summed E-state index contributed by atoms with van der Waals surface area (Å²) in [6.07, 6.45) is 1.93. The molecule has 0 unspecified atom stereocenters.